The van der Waals surface area contributed by atoms with Gasteiger partial charge in [-0.15, -0.1) is 0 Å². The summed E-state index contributed by atoms with van der Waals surface area (Å²) in [6.45, 7) is 0.923. The normalized spacial score (nSPS) is 18.2. The van der Waals surface area contributed by atoms with E-state index in [1.807, 2.05) is 24.3 Å². The first-order valence-electron chi connectivity index (χ1n) is 12.8. The minimum Gasteiger partial charge on any atom is -0.455 e. The molecular formula is C30H28ClN3O3S. The third kappa shape index (κ3) is 4.66. The lowest BCUT2D eigenvalue weighted by Gasteiger charge is -2.50. The lowest BCUT2D eigenvalue weighted by atomic mass is 9.58. The van der Waals surface area contributed by atoms with Crippen molar-refractivity contribution in [2.24, 2.45) is 0 Å². The Morgan fingerprint density at radius 2 is 1.82 bits per heavy atom. The number of hydrogen-bond acceptors (Lipinski definition) is 5. The van der Waals surface area contributed by atoms with Crippen molar-refractivity contribution < 1.29 is 13.2 Å². The summed E-state index contributed by atoms with van der Waals surface area (Å²) in [6, 6.07) is 24.8. The summed E-state index contributed by atoms with van der Waals surface area (Å²) in [4.78, 5) is 4.01. The van der Waals surface area contributed by atoms with Crippen molar-refractivity contribution in [1.29, 1.82) is 0 Å². The van der Waals surface area contributed by atoms with Gasteiger partial charge in [0.15, 0.2) is 5.75 Å². The first-order valence-corrected chi connectivity index (χ1v) is 14.6. The fraction of sp³-hybridized carbons (Fsp3) is 0.233. The van der Waals surface area contributed by atoms with E-state index in [1.165, 1.54) is 41.6 Å². The number of hydrogen-bond donors (Lipinski definition) is 2. The zero-order valence-electron chi connectivity index (χ0n) is 20.7. The molecule has 6 rings (SSSR count). The minimum atomic E-state index is -3.81. The van der Waals surface area contributed by atoms with E-state index in [9.17, 15) is 8.42 Å². The molecule has 2 N–H and O–H groups in total. The maximum absolute atomic E-state index is 12.9. The number of fused-ring (bicyclic) bond motifs is 1. The molecule has 38 heavy (non-hydrogen) atoms. The van der Waals surface area contributed by atoms with E-state index in [1.54, 1.807) is 24.3 Å². The molecule has 1 aliphatic carbocycles. The van der Waals surface area contributed by atoms with Crippen LogP contribution in [0.2, 0.25) is 5.02 Å². The van der Waals surface area contributed by atoms with E-state index < -0.39 is 10.0 Å². The van der Waals surface area contributed by atoms with Gasteiger partial charge in [0.05, 0.1) is 5.69 Å². The lowest BCUT2D eigenvalue weighted by molar-refractivity contribution is 0.164. The number of pyridine rings is 1. The first kappa shape index (κ1) is 24.9. The van der Waals surface area contributed by atoms with Crippen LogP contribution in [0.25, 0.3) is 0 Å². The van der Waals surface area contributed by atoms with Gasteiger partial charge in [-0.1, -0.05) is 48.4 Å². The standard InChI is InChI=1S/C30H28ClN3O3S/c31-23-11-9-22(10-12-23)30(15-4-16-30)29-26-19-24(13-8-21(26)14-18-33-29)37-28-7-2-1-6-27(28)34-38(35,36)25-5-3-17-32-20-25/h1-3,5-13,17,19-20,29,33-34H,4,14-16,18H2. The summed E-state index contributed by atoms with van der Waals surface area (Å²) in [6.07, 6.45) is 7.21. The molecule has 1 aromatic heterocycles. The Morgan fingerprint density at radius 3 is 2.55 bits per heavy atom. The zero-order chi connectivity index (χ0) is 26.2. The van der Waals surface area contributed by atoms with E-state index in [4.69, 9.17) is 16.3 Å². The van der Waals surface area contributed by atoms with Crippen molar-refractivity contribution in [3.05, 3.63) is 113 Å². The van der Waals surface area contributed by atoms with Crippen molar-refractivity contribution in [3.8, 4) is 11.5 Å². The van der Waals surface area contributed by atoms with Crippen LogP contribution >= 0.6 is 11.6 Å². The van der Waals surface area contributed by atoms with Gasteiger partial charge in [-0.2, -0.15) is 0 Å². The highest BCUT2D eigenvalue weighted by Gasteiger charge is 2.47. The topological polar surface area (TPSA) is 80.3 Å². The van der Waals surface area contributed by atoms with E-state index >= 15 is 0 Å². The van der Waals surface area contributed by atoms with E-state index in [0.717, 1.165) is 30.8 Å². The molecule has 2 aliphatic rings. The summed E-state index contributed by atoms with van der Waals surface area (Å²) < 4.78 is 34.8. The van der Waals surface area contributed by atoms with Crippen molar-refractivity contribution >= 4 is 27.3 Å². The average Bonchev–Trinajstić information content (AvgIpc) is 2.91. The van der Waals surface area contributed by atoms with Crippen molar-refractivity contribution in [1.82, 2.24) is 10.3 Å². The number of nitrogens with zero attached hydrogens (tertiary/aromatic N) is 1. The Hall–Kier alpha value is -3.39. The monoisotopic (exact) mass is 545 g/mol. The van der Waals surface area contributed by atoms with E-state index in [0.29, 0.717) is 17.2 Å². The van der Waals surface area contributed by atoms with Crippen molar-refractivity contribution in [2.45, 2.75) is 42.0 Å². The molecule has 1 saturated carbocycles. The molecule has 1 fully saturated rings. The van der Waals surface area contributed by atoms with Crippen LogP contribution in [-0.2, 0) is 21.9 Å². The molecule has 194 valence electrons. The maximum Gasteiger partial charge on any atom is 0.263 e. The predicted octanol–water partition coefficient (Wildman–Crippen LogP) is 6.64. The molecule has 3 aromatic carbocycles. The molecule has 0 spiro atoms. The molecule has 0 bridgehead atoms. The molecule has 0 radical (unpaired) electrons. The largest absolute Gasteiger partial charge is 0.455 e. The lowest BCUT2D eigenvalue weighted by Crippen LogP contribution is -2.49. The Labute approximate surface area is 228 Å². The van der Waals surface area contributed by atoms with Gasteiger partial charge in [0.2, 0.25) is 0 Å². The van der Waals surface area contributed by atoms with Crippen molar-refractivity contribution in [2.75, 3.05) is 11.3 Å². The highest BCUT2D eigenvalue weighted by Crippen LogP contribution is 2.54. The average molecular weight is 546 g/mol. The summed E-state index contributed by atoms with van der Waals surface area (Å²) in [5, 5.41) is 4.54. The quantitative estimate of drug-likeness (QED) is 0.272. The van der Waals surface area contributed by atoms with Crippen LogP contribution in [0.3, 0.4) is 0 Å². The number of para-hydroxylation sites is 2. The van der Waals surface area contributed by atoms with Gasteiger partial charge < -0.3 is 10.1 Å². The van der Waals surface area contributed by atoms with E-state index in [-0.39, 0.29) is 16.4 Å². The molecule has 0 amide bonds. The molecular weight excluding hydrogens is 518 g/mol. The Balaban J connectivity index is 1.31. The molecule has 1 aliphatic heterocycles. The second-order valence-corrected chi connectivity index (χ2v) is 12.0. The van der Waals surface area contributed by atoms with Crippen LogP contribution in [0.4, 0.5) is 5.69 Å². The smallest absolute Gasteiger partial charge is 0.263 e. The summed E-state index contributed by atoms with van der Waals surface area (Å²) in [5.41, 5.74) is 4.22. The third-order valence-electron chi connectivity index (χ3n) is 7.69. The van der Waals surface area contributed by atoms with Crippen LogP contribution in [0.5, 0.6) is 11.5 Å². The van der Waals surface area contributed by atoms with Crippen LogP contribution < -0.4 is 14.8 Å². The van der Waals surface area contributed by atoms with Gasteiger partial charge in [0.25, 0.3) is 10.0 Å². The summed E-state index contributed by atoms with van der Waals surface area (Å²) in [7, 11) is -3.81. The Bertz CT molecular complexity index is 1560. The molecule has 1 atom stereocenters. The predicted molar refractivity (Wildman–Crippen MR) is 149 cm³/mol. The fourth-order valence-electron chi connectivity index (χ4n) is 5.65. The Kier molecular flexibility index (Phi) is 6.60. The first-order chi connectivity index (χ1) is 18.4. The molecule has 8 heteroatoms. The number of rotatable bonds is 7. The highest BCUT2D eigenvalue weighted by molar-refractivity contribution is 7.92. The second-order valence-electron chi connectivity index (χ2n) is 9.91. The number of benzene rings is 3. The molecule has 4 aromatic rings. The van der Waals surface area contributed by atoms with Crippen molar-refractivity contribution in [3.63, 3.8) is 0 Å². The zero-order valence-corrected chi connectivity index (χ0v) is 22.3. The number of nitrogens with one attached hydrogen (secondary N) is 2. The highest BCUT2D eigenvalue weighted by atomic mass is 35.5. The van der Waals surface area contributed by atoms with Gasteiger partial charge in [-0.3, -0.25) is 9.71 Å². The second kappa shape index (κ2) is 10.1. The minimum absolute atomic E-state index is 0.00957. The number of anilines is 1. The van der Waals surface area contributed by atoms with Crippen LogP contribution in [0.15, 0.2) is 96.2 Å². The van der Waals surface area contributed by atoms with Gasteiger partial charge >= 0.3 is 0 Å². The molecule has 1 unspecified atom stereocenters. The van der Waals surface area contributed by atoms with Crippen LogP contribution in [0.1, 0.15) is 42.0 Å². The molecule has 2 heterocycles. The van der Waals surface area contributed by atoms with Gasteiger partial charge in [-0.05, 0) is 91.0 Å². The van der Waals surface area contributed by atoms with E-state index in [2.05, 4.69) is 39.3 Å². The SMILES string of the molecule is O=S(=O)(Nc1ccccc1Oc1ccc2c(c1)C(C1(c3ccc(Cl)cc3)CCC1)NCC2)c1cccnc1. The molecule has 6 nitrogen and oxygen atoms in total. The number of sulfonamides is 1. The van der Waals surface area contributed by atoms with Gasteiger partial charge in [0.1, 0.15) is 10.6 Å². The fourth-order valence-corrected chi connectivity index (χ4v) is 6.81. The van der Waals surface area contributed by atoms with Gasteiger partial charge in [0, 0.05) is 28.9 Å². The van der Waals surface area contributed by atoms with Gasteiger partial charge in [-0.25, -0.2) is 8.42 Å². The summed E-state index contributed by atoms with van der Waals surface area (Å²) in [5.74, 6) is 1.09. The Morgan fingerprint density at radius 1 is 1.00 bits per heavy atom. The number of halogens is 1. The van der Waals surface area contributed by atoms with Crippen LogP contribution in [0, 0.1) is 0 Å². The third-order valence-corrected chi connectivity index (χ3v) is 9.30. The maximum atomic E-state index is 12.9. The number of ether oxygens (including phenoxy) is 1. The number of aromatic nitrogens is 1. The summed E-state index contributed by atoms with van der Waals surface area (Å²) >= 11 is 6.20. The van der Waals surface area contributed by atoms with Crippen LogP contribution in [-0.4, -0.2) is 19.9 Å². The molecule has 0 saturated heterocycles.